The van der Waals surface area contributed by atoms with Gasteiger partial charge in [-0.05, 0) is 31.4 Å². The third-order valence-corrected chi connectivity index (χ3v) is 6.50. The highest BCUT2D eigenvalue weighted by Gasteiger charge is 2.28. The number of nitrogens with two attached hydrogens (primary N) is 1. The number of nitrogen functional groups attached to an aromatic ring is 1. The number of aromatic nitrogens is 1. The zero-order valence-corrected chi connectivity index (χ0v) is 14.0. The smallest absolute Gasteiger partial charge is 0.267 e. The number of amides is 1. The maximum atomic E-state index is 12.6. The second-order valence-electron chi connectivity index (χ2n) is 5.69. The number of hydrogen-bond donors (Lipinski definition) is 1. The van der Waals surface area contributed by atoms with Crippen LogP contribution >= 0.6 is 23.1 Å². The number of thioether (sulfide) groups is 1. The van der Waals surface area contributed by atoms with Crippen molar-refractivity contribution in [1.29, 1.82) is 0 Å². The number of carbonyl (C=O) groups excluding carboxylic acids is 1. The van der Waals surface area contributed by atoms with Crippen molar-refractivity contribution in [3.63, 3.8) is 0 Å². The first-order valence-corrected chi connectivity index (χ1v) is 9.50. The molecule has 2 N–H and O–H groups in total. The van der Waals surface area contributed by atoms with Crippen molar-refractivity contribution in [2.24, 2.45) is 0 Å². The van der Waals surface area contributed by atoms with Crippen LogP contribution in [-0.4, -0.2) is 53.5 Å². The van der Waals surface area contributed by atoms with Crippen molar-refractivity contribution in [2.45, 2.75) is 31.7 Å². The van der Waals surface area contributed by atoms with Crippen LogP contribution in [0.25, 0.3) is 0 Å². The van der Waals surface area contributed by atoms with Crippen LogP contribution in [0.1, 0.15) is 35.4 Å². The van der Waals surface area contributed by atoms with E-state index in [-0.39, 0.29) is 5.91 Å². The first kappa shape index (κ1) is 15.0. The molecule has 1 unspecified atom stereocenters. The van der Waals surface area contributed by atoms with Gasteiger partial charge in [0.05, 0.1) is 0 Å². The van der Waals surface area contributed by atoms with Crippen molar-refractivity contribution < 1.29 is 4.79 Å². The topological polar surface area (TPSA) is 62.5 Å². The van der Waals surface area contributed by atoms with Crippen molar-refractivity contribution in [3.8, 4) is 0 Å². The predicted molar refractivity (Wildman–Crippen MR) is 90.4 cm³/mol. The molecular weight excluding hydrogens is 304 g/mol. The molecule has 0 saturated carbocycles. The SMILES string of the molecule is CN(C(=O)c1sc(N2CCCCC2)nc1N)C1CCSC1. The Morgan fingerprint density at radius 2 is 2.14 bits per heavy atom. The van der Waals surface area contributed by atoms with E-state index in [0.29, 0.717) is 16.7 Å². The number of thiazole rings is 1. The summed E-state index contributed by atoms with van der Waals surface area (Å²) in [5.41, 5.74) is 6.01. The zero-order chi connectivity index (χ0) is 14.8. The number of piperidine rings is 1. The zero-order valence-electron chi connectivity index (χ0n) is 12.4. The first-order valence-electron chi connectivity index (χ1n) is 7.53. The second-order valence-corrected chi connectivity index (χ2v) is 7.82. The van der Waals surface area contributed by atoms with Crippen LogP contribution in [0, 0.1) is 0 Å². The van der Waals surface area contributed by atoms with E-state index in [9.17, 15) is 4.79 Å². The minimum atomic E-state index is 0.0285. The van der Waals surface area contributed by atoms with E-state index in [1.807, 2.05) is 23.7 Å². The number of carbonyl (C=O) groups is 1. The second kappa shape index (κ2) is 6.44. The van der Waals surface area contributed by atoms with Crippen molar-refractivity contribution in [3.05, 3.63) is 4.88 Å². The van der Waals surface area contributed by atoms with Gasteiger partial charge in [0.2, 0.25) is 0 Å². The van der Waals surface area contributed by atoms with Gasteiger partial charge in [-0.15, -0.1) is 0 Å². The van der Waals surface area contributed by atoms with Gasteiger partial charge in [0, 0.05) is 31.9 Å². The van der Waals surface area contributed by atoms with Crippen molar-refractivity contribution in [1.82, 2.24) is 9.88 Å². The Bertz CT molecular complexity index is 507. The molecule has 0 bridgehead atoms. The Morgan fingerprint density at radius 3 is 2.81 bits per heavy atom. The van der Waals surface area contributed by atoms with Gasteiger partial charge < -0.3 is 15.5 Å². The summed E-state index contributed by atoms with van der Waals surface area (Å²) in [4.78, 5) is 21.8. The quantitative estimate of drug-likeness (QED) is 0.923. The molecule has 5 nitrogen and oxygen atoms in total. The lowest BCUT2D eigenvalue weighted by Gasteiger charge is -2.25. The average Bonchev–Trinajstić information content (AvgIpc) is 3.16. The average molecular weight is 326 g/mol. The normalized spacial score (nSPS) is 22.5. The van der Waals surface area contributed by atoms with Gasteiger partial charge in [0.1, 0.15) is 10.7 Å². The van der Waals surface area contributed by atoms with Crippen LogP contribution in [-0.2, 0) is 0 Å². The molecule has 2 saturated heterocycles. The van der Waals surface area contributed by atoms with E-state index in [0.717, 1.165) is 36.1 Å². The molecule has 0 spiro atoms. The molecule has 0 aromatic carbocycles. The highest BCUT2D eigenvalue weighted by atomic mass is 32.2. The molecule has 0 aliphatic carbocycles. The van der Waals surface area contributed by atoms with Gasteiger partial charge in [-0.2, -0.15) is 11.8 Å². The van der Waals surface area contributed by atoms with E-state index in [2.05, 4.69) is 9.88 Å². The van der Waals surface area contributed by atoms with Gasteiger partial charge in [0.25, 0.3) is 5.91 Å². The summed E-state index contributed by atoms with van der Waals surface area (Å²) in [7, 11) is 1.89. The highest BCUT2D eigenvalue weighted by molar-refractivity contribution is 7.99. The third-order valence-electron chi connectivity index (χ3n) is 4.24. The Balaban J connectivity index is 1.75. The molecule has 3 heterocycles. The Hall–Kier alpha value is -0.950. The summed E-state index contributed by atoms with van der Waals surface area (Å²) in [6, 6.07) is 0.336. The van der Waals surface area contributed by atoms with Gasteiger partial charge in [-0.25, -0.2) is 4.98 Å². The van der Waals surface area contributed by atoms with Crippen molar-refractivity contribution >= 4 is 40.0 Å². The summed E-state index contributed by atoms with van der Waals surface area (Å²) < 4.78 is 0. The predicted octanol–water partition coefficient (Wildman–Crippen LogP) is 2.29. The molecule has 3 rings (SSSR count). The van der Waals surface area contributed by atoms with E-state index in [1.54, 1.807) is 0 Å². The van der Waals surface area contributed by atoms with Crippen LogP contribution in [0.15, 0.2) is 0 Å². The summed E-state index contributed by atoms with van der Waals surface area (Å²) in [6.07, 6.45) is 4.75. The monoisotopic (exact) mass is 326 g/mol. The first-order chi connectivity index (χ1) is 10.2. The molecule has 1 aromatic heterocycles. The molecule has 1 aromatic rings. The summed E-state index contributed by atoms with van der Waals surface area (Å²) >= 11 is 3.36. The van der Waals surface area contributed by atoms with Crippen LogP contribution < -0.4 is 10.6 Å². The standard InChI is InChI=1S/C14H22N4OS2/c1-17(10-5-8-20-9-10)13(19)11-12(15)16-14(21-11)18-6-3-2-4-7-18/h10H,2-9,15H2,1H3. The molecule has 116 valence electrons. The summed E-state index contributed by atoms with van der Waals surface area (Å²) in [5.74, 6) is 2.59. The van der Waals surface area contributed by atoms with Gasteiger partial charge >= 0.3 is 0 Å². The summed E-state index contributed by atoms with van der Waals surface area (Å²) in [5, 5.41) is 0.907. The molecule has 1 atom stereocenters. The van der Waals surface area contributed by atoms with E-state index in [1.165, 1.54) is 30.6 Å². The fraction of sp³-hybridized carbons (Fsp3) is 0.714. The van der Waals surface area contributed by atoms with Crippen LogP contribution in [0.3, 0.4) is 0 Å². The van der Waals surface area contributed by atoms with E-state index in [4.69, 9.17) is 5.73 Å². The molecule has 0 radical (unpaired) electrons. The molecule has 7 heteroatoms. The molecule has 2 aliphatic rings. The van der Waals surface area contributed by atoms with Gasteiger partial charge in [-0.3, -0.25) is 4.79 Å². The largest absolute Gasteiger partial charge is 0.382 e. The lowest BCUT2D eigenvalue weighted by atomic mass is 10.1. The van der Waals surface area contributed by atoms with E-state index >= 15 is 0 Å². The lowest BCUT2D eigenvalue weighted by Crippen LogP contribution is -2.36. The lowest BCUT2D eigenvalue weighted by molar-refractivity contribution is 0.0753. The maximum absolute atomic E-state index is 12.6. The molecule has 2 aliphatic heterocycles. The van der Waals surface area contributed by atoms with Gasteiger partial charge in [-0.1, -0.05) is 11.3 Å². The maximum Gasteiger partial charge on any atom is 0.267 e. The minimum absolute atomic E-state index is 0.0285. The van der Waals surface area contributed by atoms with Gasteiger partial charge in [0.15, 0.2) is 5.13 Å². The third kappa shape index (κ3) is 3.13. The van der Waals surface area contributed by atoms with Crippen LogP contribution in [0.4, 0.5) is 10.9 Å². The number of hydrogen-bond acceptors (Lipinski definition) is 6. The Labute approximate surface area is 133 Å². The van der Waals surface area contributed by atoms with Crippen LogP contribution in [0.2, 0.25) is 0 Å². The van der Waals surface area contributed by atoms with Crippen LogP contribution in [0.5, 0.6) is 0 Å². The summed E-state index contributed by atoms with van der Waals surface area (Å²) in [6.45, 7) is 2.05. The fourth-order valence-corrected chi connectivity index (χ4v) is 5.13. The number of anilines is 2. The number of nitrogens with zero attached hydrogens (tertiary/aromatic N) is 3. The van der Waals surface area contributed by atoms with Crippen molar-refractivity contribution in [2.75, 3.05) is 42.3 Å². The fourth-order valence-electron chi connectivity index (χ4n) is 2.85. The molecule has 1 amide bonds. The Kier molecular flexibility index (Phi) is 4.59. The number of rotatable bonds is 3. The Morgan fingerprint density at radius 1 is 1.38 bits per heavy atom. The molecule has 2 fully saturated rings. The molecular formula is C14H22N4OS2. The molecule has 21 heavy (non-hydrogen) atoms. The van der Waals surface area contributed by atoms with E-state index < -0.39 is 0 Å². The minimum Gasteiger partial charge on any atom is -0.382 e. The highest BCUT2D eigenvalue weighted by Crippen LogP contribution is 2.32.